The van der Waals surface area contributed by atoms with Gasteiger partial charge in [-0.1, -0.05) is 55.1 Å². The van der Waals surface area contributed by atoms with Gasteiger partial charge in [0.15, 0.2) is 5.78 Å². The number of nitriles is 1. The van der Waals surface area contributed by atoms with Crippen molar-refractivity contribution >= 4 is 5.78 Å². The molecule has 2 aromatic carbocycles. The van der Waals surface area contributed by atoms with Gasteiger partial charge in [0.1, 0.15) is 18.2 Å². The van der Waals surface area contributed by atoms with Gasteiger partial charge in [0, 0.05) is 31.8 Å². The Labute approximate surface area is 194 Å². The average Bonchev–Trinajstić information content (AvgIpc) is 2.82. The van der Waals surface area contributed by atoms with Gasteiger partial charge < -0.3 is 10.5 Å². The van der Waals surface area contributed by atoms with Crippen LogP contribution in [0.2, 0.25) is 0 Å². The fourth-order valence-electron chi connectivity index (χ4n) is 4.77. The molecule has 0 bridgehead atoms. The summed E-state index contributed by atoms with van der Waals surface area (Å²) < 4.78 is 5.60. The number of hydrazine groups is 1. The first kappa shape index (κ1) is 22.4. The summed E-state index contributed by atoms with van der Waals surface area (Å²) in [5, 5.41) is 13.7. The van der Waals surface area contributed by atoms with Gasteiger partial charge in [-0.25, -0.2) is 5.01 Å². The Morgan fingerprint density at radius 1 is 1.15 bits per heavy atom. The molecule has 6 heteroatoms. The molecule has 4 rings (SSSR count). The van der Waals surface area contributed by atoms with E-state index in [2.05, 4.69) is 24.8 Å². The van der Waals surface area contributed by atoms with E-state index in [0.717, 1.165) is 16.8 Å². The number of ether oxygens (including phenoxy) is 1. The summed E-state index contributed by atoms with van der Waals surface area (Å²) >= 11 is 0. The number of hydrogen-bond acceptors (Lipinski definition) is 6. The number of allylic oxidation sites excluding steroid dienone is 3. The van der Waals surface area contributed by atoms with Gasteiger partial charge in [0.05, 0.1) is 17.6 Å². The SMILES string of the molecule is C=CCOc1ccc([C@H]2C(C#N)=C(N)N(N(C)C)C3=C2C(=O)C[C@@H](c2ccccc2)C3)cc1. The van der Waals surface area contributed by atoms with E-state index < -0.39 is 5.92 Å². The zero-order valence-electron chi connectivity index (χ0n) is 19.0. The minimum atomic E-state index is -0.501. The fourth-order valence-corrected chi connectivity index (χ4v) is 4.77. The van der Waals surface area contributed by atoms with Gasteiger partial charge in [-0.05, 0) is 35.6 Å². The van der Waals surface area contributed by atoms with Crippen LogP contribution < -0.4 is 10.5 Å². The van der Waals surface area contributed by atoms with Crippen molar-refractivity contribution in [1.29, 1.82) is 5.26 Å². The molecule has 0 radical (unpaired) electrons. The lowest BCUT2D eigenvalue weighted by molar-refractivity contribution is -0.117. The molecule has 0 spiro atoms. The number of carbonyl (C=O) groups excluding carboxylic acids is 1. The Balaban J connectivity index is 1.82. The zero-order valence-corrected chi connectivity index (χ0v) is 19.0. The molecule has 2 aliphatic rings. The molecule has 6 nitrogen and oxygen atoms in total. The van der Waals surface area contributed by atoms with Crippen molar-refractivity contribution in [2.75, 3.05) is 20.7 Å². The number of benzene rings is 2. The van der Waals surface area contributed by atoms with Gasteiger partial charge in [0.2, 0.25) is 0 Å². The molecule has 1 heterocycles. The van der Waals surface area contributed by atoms with Gasteiger partial charge >= 0.3 is 0 Å². The normalized spacial score (nSPS) is 20.5. The summed E-state index contributed by atoms with van der Waals surface area (Å²) in [7, 11) is 3.74. The molecule has 0 aromatic heterocycles. The highest BCUT2D eigenvalue weighted by atomic mass is 16.5. The van der Waals surface area contributed by atoms with Gasteiger partial charge in [-0.2, -0.15) is 5.26 Å². The molecule has 168 valence electrons. The molecular weight excluding hydrogens is 412 g/mol. The molecule has 33 heavy (non-hydrogen) atoms. The molecule has 1 aliphatic heterocycles. The third-order valence-corrected chi connectivity index (χ3v) is 6.19. The van der Waals surface area contributed by atoms with Crippen LogP contribution in [-0.4, -0.2) is 36.5 Å². The number of rotatable bonds is 6. The monoisotopic (exact) mass is 440 g/mol. The van der Waals surface area contributed by atoms with Crippen molar-refractivity contribution in [3.63, 3.8) is 0 Å². The quantitative estimate of drug-likeness (QED) is 0.677. The second kappa shape index (κ2) is 9.35. The summed E-state index contributed by atoms with van der Waals surface area (Å²) in [6.45, 7) is 4.07. The van der Waals surface area contributed by atoms with Crippen molar-refractivity contribution in [2.45, 2.75) is 24.7 Å². The van der Waals surface area contributed by atoms with Crippen LogP contribution in [0, 0.1) is 11.3 Å². The second-order valence-electron chi connectivity index (χ2n) is 8.47. The van der Waals surface area contributed by atoms with Crippen molar-refractivity contribution in [2.24, 2.45) is 5.73 Å². The summed E-state index contributed by atoms with van der Waals surface area (Å²) in [5.74, 6) is 0.674. The first-order valence-electron chi connectivity index (χ1n) is 11.0. The molecule has 2 N–H and O–H groups in total. The van der Waals surface area contributed by atoms with Crippen LogP contribution in [-0.2, 0) is 4.79 Å². The molecule has 2 atom stereocenters. The Kier molecular flexibility index (Phi) is 6.34. The van der Waals surface area contributed by atoms with E-state index >= 15 is 0 Å². The molecule has 1 aliphatic carbocycles. The van der Waals surface area contributed by atoms with Crippen molar-refractivity contribution in [3.8, 4) is 11.8 Å². The van der Waals surface area contributed by atoms with E-state index in [1.807, 2.05) is 66.6 Å². The maximum absolute atomic E-state index is 13.6. The maximum Gasteiger partial charge on any atom is 0.162 e. The van der Waals surface area contributed by atoms with Crippen LogP contribution in [0.15, 0.2) is 89.9 Å². The number of Topliss-reactive ketones (excluding diaryl/α,β-unsaturated/α-hetero) is 1. The number of nitrogens with two attached hydrogens (primary N) is 1. The minimum Gasteiger partial charge on any atom is -0.490 e. The van der Waals surface area contributed by atoms with Gasteiger partial charge in [-0.15, -0.1) is 0 Å². The minimum absolute atomic E-state index is 0.0502. The maximum atomic E-state index is 13.6. The largest absolute Gasteiger partial charge is 0.490 e. The van der Waals surface area contributed by atoms with E-state index in [9.17, 15) is 10.1 Å². The fraction of sp³-hybridized carbons (Fsp3) is 0.259. The lowest BCUT2D eigenvalue weighted by atomic mass is 9.72. The molecule has 0 unspecified atom stereocenters. The van der Waals surface area contributed by atoms with Crippen molar-refractivity contribution in [1.82, 2.24) is 10.0 Å². The summed E-state index contributed by atoms with van der Waals surface area (Å²) in [6.07, 6.45) is 2.75. The predicted molar refractivity (Wildman–Crippen MR) is 128 cm³/mol. The van der Waals surface area contributed by atoms with Crippen LogP contribution in [0.3, 0.4) is 0 Å². The number of carbonyl (C=O) groups is 1. The lowest BCUT2D eigenvalue weighted by Crippen LogP contribution is -2.46. The molecule has 0 amide bonds. The Bertz CT molecular complexity index is 1160. The van der Waals surface area contributed by atoms with E-state index in [1.54, 1.807) is 6.08 Å². The van der Waals surface area contributed by atoms with Crippen LogP contribution >= 0.6 is 0 Å². The summed E-state index contributed by atoms with van der Waals surface area (Å²) in [6, 6.07) is 19.9. The highest BCUT2D eigenvalue weighted by molar-refractivity contribution is 6.00. The molecule has 0 saturated heterocycles. The Hall–Kier alpha value is -3.82. The van der Waals surface area contributed by atoms with Crippen LogP contribution in [0.25, 0.3) is 0 Å². The second-order valence-corrected chi connectivity index (χ2v) is 8.47. The van der Waals surface area contributed by atoms with Crippen LogP contribution in [0.1, 0.15) is 35.8 Å². The lowest BCUT2D eigenvalue weighted by Gasteiger charge is -2.43. The Morgan fingerprint density at radius 3 is 2.45 bits per heavy atom. The molecular formula is C27H28N4O2. The zero-order chi connectivity index (χ0) is 23.5. The number of hydrogen-bond donors (Lipinski definition) is 1. The molecule has 2 aromatic rings. The number of ketones is 1. The van der Waals surface area contributed by atoms with Crippen molar-refractivity contribution in [3.05, 3.63) is 101 Å². The Morgan fingerprint density at radius 2 is 1.85 bits per heavy atom. The first-order valence-corrected chi connectivity index (χ1v) is 11.0. The van der Waals surface area contributed by atoms with E-state index in [4.69, 9.17) is 10.5 Å². The number of nitrogens with zero attached hydrogens (tertiary/aromatic N) is 3. The van der Waals surface area contributed by atoms with Crippen LogP contribution in [0.5, 0.6) is 5.75 Å². The first-order chi connectivity index (χ1) is 16.0. The topological polar surface area (TPSA) is 82.6 Å². The van der Waals surface area contributed by atoms with Crippen molar-refractivity contribution < 1.29 is 9.53 Å². The predicted octanol–water partition coefficient (Wildman–Crippen LogP) is 4.22. The van der Waals surface area contributed by atoms with E-state index in [-0.39, 0.29) is 11.7 Å². The summed E-state index contributed by atoms with van der Waals surface area (Å²) in [5.41, 5.74) is 10.4. The molecule has 0 saturated carbocycles. The van der Waals surface area contributed by atoms with Gasteiger partial charge in [0.25, 0.3) is 0 Å². The molecule has 0 fully saturated rings. The van der Waals surface area contributed by atoms with Crippen LogP contribution in [0.4, 0.5) is 0 Å². The highest BCUT2D eigenvalue weighted by Gasteiger charge is 2.43. The standard InChI is InChI=1S/C27H28N4O2/c1-4-14-33-21-12-10-19(11-13-21)25-22(17-28)27(29)31(30(2)3)23-15-20(16-24(32)26(23)25)18-8-6-5-7-9-18/h4-13,20,25H,1,14-16,29H2,2-3H3/t20-,25-/m0/s1. The average molecular weight is 441 g/mol. The third-order valence-electron chi connectivity index (χ3n) is 6.19. The van der Waals surface area contributed by atoms with E-state index in [0.29, 0.717) is 42.2 Å². The third kappa shape index (κ3) is 4.15. The van der Waals surface area contributed by atoms with Gasteiger partial charge in [-0.3, -0.25) is 9.80 Å². The van der Waals surface area contributed by atoms with E-state index in [1.165, 1.54) is 0 Å². The summed E-state index contributed by atoms with van der Waals surface area (Å²) in [4.78, 5) is 13.6. The highest BCUT2D eigenvalue weighted by Crippen LogP contribution is 2.48. The smallest absolute Gasteiger partial charge is 0.162 e.